The topological polar surface area (TPSA) is 142 Å². The maximum Gasteiger partial charge on any atom is 0.408 e. The van der Waals surface area contributed by atoms with Crippen molar-refractivity contribution >= 4 is 41.9 Å². The fourth-order valence-electron chi connectivity index (χ4n) is 2.52. The van der Waals surface area contributed by atoms with Crippen LogP contribution in [0.2, 0.25) is 0 Å². The van der Waals surface area contributed by atoms with Gasteiger partial charge in [0.15, 0.2) is 0 Å². The summed E-state index contributed by atoms with van der Waals surface area (Å²) in [5.41, 5.74) is 7.63. The van der Waals surface area contributed by atoms with Crippen LogP contribution in [0.4, 0.5) is 4.79 Å². The van der Waals surface area contributed by atoms with Crippen molar-refractivity contribution in [1.82, 2.24) is 5.32 Å². The molecule has 180 valence electrons. The molecule has 0 aromatic rings. The number of esters is 2. The fourth-order valence-corrected chi connectivity index (χ4v) is 2.52. The smallest absolute Gasteiger partial charge is 0.408 e. The summed E-state index contributed by atoms with van der Waals surface area (Å²) in [6, 6.07) is -0.392. The molecule has 10 nitrogen and oxygen atoms in total. The van der Waals surface area contributed by atoms with Crippen molar-refractivity contribution in [2.45, 2.75) is 65.1 Å². The van der Waals surface area contributed by atoms with Crippen LogP contribution in [0, 0.1) is 0 Å². The van der Waals surface area contributed by atoms with Crippen LogP contribution >= 0.6 is 12.4 Å². The van der Waals surface area contributed by atoms with Crippen molar-refractivity contribution in [2.75, 3.05) is 14.2 Å². The Kier molecular flexibility index (Phi) is 11.9. The van der Waals surface area contributed by atoms with E-state index in [4.69, 9.17) is 10.5 Å². The lowest BCUT2D eigenvalue weighted by atomic mass is 10.1. The van der Waals surface area contributed by atoms with Crippen molar-refractivity contribution < 1.29 is 28.6 Å². The Hall–Kier alpha value is -2.72. The summed E-state index contributed by atoms with van der Waals surface area (Å²) in [6.45, 7) is 9.01. The second kappa shape index (κ2) is 13.0. The summed E-state index contributed by atoms with van der Waals surface area (Å²) in [5, 5.41) is 2.68. The molecular weight excluding hydrogens is 440 g/mol. The number of methoxy groups -OCH3 is 2. The Balaban J connectivity index is 0.000000639. The Morgan fingerprint density at radius 2 is 1.41 bits per heavy atom. The molecule has 2 aliphatic heterocycles. The van der Waals surface area contributed by atoms with Gasteiger partial charge in [-0.2, -0.15) is 0 Å². The lowest BCUT2D eigenvalue weighted by Crippen LogP contribution is -2.41. The third-order valence-electron chi connectivity index (χ3n) is 4.17. The highest BCUT2D eigenvalue weighted by Crippen LogP contribution is 2.16. The maximum atomic E-state index is 11.6. The number of nitrogens with zero attached hydrogens (tertiary/aromatic N) is 2. The van der Waals surface area contributed by atoms with E-state index in [1.165, 1.54) is 26.6 Å². The average molecular weight is 473 g/mol. The third kappa shape index (κ3) is 9.61. The minimum absolute atomic E-state index is 0. The second-order valence-electron chi connectivity index (χ2n) is 8.04. The van der Waals surface area contributed by atoms with E-state index in [-0.39, 0.29) is 30.5 Å². The van der Waals surface area contributed by atoms with Gasteiger partial charge in [-0.25, -0.2) is 14.4 Å². The van der Waals surface area contributed by atoms with Gasteiger partial charge in [0, 0.05) is 42.7 Å². The Morgan fingerprint density at radius 1 is 0.969 bits per heavy atom. The quantitative estimate of drug-likeness (QED) is 0.462. The first-order valence-electron chi connectivity index (χ1n) is 9.80. The molecular formula is C21H33ClN4O6. The molecule has 0 bridgehead atoms. The molecule has 32 heavy (non-hydrogen) atoms. The normalized spacial score (nSPS) is 16.5. The van der Waals surface area contributed by atoms with Crippen LogP contribution < -0.4 is 11.1 Å². The predicted octanol–water partition coefficient (Wildman–Crippen LogP) is 2.46. The van der Waals surface area contributed by atoms with Gasteiger partial charge in [0.05, 0.1) is 31.4 Å². The highest BCUT2D eigenvalue weighted by Gasteiger charge is 2.24. The van der Waals surface area contributed by atoms with Crippen LogP contribution in [0.5, 0.6) is 0 Å². The summed E-state index contributed by atoms with van der Waals surface area (Å²) in [7, 11) is 2.68. The van der Waals surface area contributed by atoms with Gasteiger partial charge in [0.2, 0.25) is 0 Å². The number of carbonyl (C=O) groups is 3. The van der Waals surface area contributed by atoms with Gasteiger partial charge in [-0.15, -0.1) is 12.4 Å². The van der Waals surface area contributed by atoms with Gasteiger partial charge >= 0.3 is 18.0 Å². The van der Waals surface area contributed by atoms with E-state index < -0.39 is 17.7 Å². The Morgan fingerprint density at radius 3 is 1.78 bits per heavy atom. The van der Waals surface area contributed by atoms with Gasteiger partial charge in [-0.05, 0) is 34.6 Å². The molecule has 2 heterocycles. The summed E-state index contributed by atoms with van der Waals surface area (Å²) in [4.78, 5) is 42.0. The van der Waals surface area contributed by atoms with Crippen molar-refractivity contribution in [2.24, 2.45) is 15.7 Å². The molecule has 0 saturated carbocycles. The summed E-state index contributed by atoms with van der Waals surface area (Å²) in [6.07, 6.45) is 3.38. The lowest BCUT2D eigenvalue weighted by Gasteiger charge is -2.22. The van der Waals surface area contributed by atoms with Crippen LogP contribution in [0.1, 0.15) is 47.5 Å². The minimum Gasteiger partial charge on any atom is -0.466 e. The van der Waals surface area contributed by atoms with E-state index >= 15 is 0 Å². The highest BCUT2D eigenvalue weighted by molar-refractivity contribution is 6.04. The first-order valence-corrected chi connectivity index (χ1v) is 9.80. The van der Waals surface area contributed by atoms with E-state index in [0.717, 1.165) is 5.71 Å². The summed E-state index contributed by atoms with van der Waals surface area (Å²) >= 11 is 0. The average Bonchev–Trinajstić information content (AvgIpc) is 3.35. The number of alkyl carbamates (subject to hydrolysis) is 1. The number of hydrogen-bond donors (Lipinski definition) is 2. The van der Waals surface area contributed by atoms with Crippen LogP contribution in [0.15, 0.2) is 33.5 Å². The van der Waals surface area contributed by atoms with Crippen LogP contribution in [0.3, 0.4) is 0 Å². The van der Waals surface area contributed by atoms with Gasteiger partial charge < -0.3 is 25.3 Å². The zero-order valence-corrected chi connectivity index (χ0v) is 20.4. The molecule has 0 aromatic heterocycles. The van der Waals surface area contributed by atoms with E-state index in [1.807, 2.05) is 6.92 Å². The molecule has 0 saturated heterocycles. The Labute approximate surface area is 194 Å². The van der Waals surface area contributed by atoms with Crippen molar-refractivity contribution in [1.29, 1.82) is 0 Å². The van der Waals surface area contributed by atoms with Gasteiger partial charge in [-0.3, -0.25) is 9.98 Å². The molecule has 2 aliphatic rings. The van der Waals surface area contributed by atoms with Crippen molar-refractivity contribution in [3.05, 3.63) is 23.5 Å². The largest absolute Gasteiger partial charge is 0.466 e. The molecule has 11 heteroatoms. The number of nitrogens with two attached hydrogens (primary N) is 1. The zero-order chi connectivity index (χ0) is 23.8. The standard InChI is InChI=1S/C13H20N2O4.C8H12N2O2.ClH/c1-8(15-12(17)19-13(2,3)4)10-6-9(7-14-10)11(16)18-5;1-5(9)7-3-6(4-10-7)8(11)12-2;/h7-8H,6H2,1-5H3,(H,15,17);4-5H,3,9H2,1-2H3;1H/t8-;5-;/m00./s1. The van der Waals surface area contributed by atoms with Gasteiger partial charge in [0.1, 0.15) is 5.60 Å². The molecule has 0 aliphatic carbocycles. The molecule has 0 fully saturated rings. The number of aliphatic imine (C=N–C) groups is 2. The lowest BCUT2D eigenvalue weighted by molar-refractivity contribution is -0.137. The number of rotatable bonds is 5. The number of ether oxygens (including phenoxy) is 3. The van der Waals surface area contributed by atoms with E-state index in [9.17, 15) is 14.4 Å². The second-order valence-corrected chi connectivity index (χ2v) is 8.04. The summed E-state index contributed by atoms with van der Waals surface area (Å²) < 4.78 is 14.3. The van der Waals surface area contributed by atoms with E-state index in [0.29, 0.717) is 29.7 Å². The van der Waals surface area contributed by atoms with Gasteiger partial charge in [-0.1, -0.05) is 0 Å². The predicted molar refractivity (Wildman–Crippen MR) is 124 cm³/mol. The number of amides is 1. The van der Waals surface area contributed by atoms with Gasteiger partial charge in [0.25, 0.3) is 0 Å². The molecule has 0 radical (unpaired) electrons. The zero-order valence-electron chi connectivity index (χ0n) is 19.6. The van der Waals surface area contributed by atoms with Crippen LogP contribution in [0.25, 0.3) is 0 Å². The maximum absolute atomic E-state index is 11.6. The first-order chi connectivity index (χ1) is 14.4. The molecule has 0 aromatic carbocycles. The first kappa shape index (κ1) is 29.3. The molecule has 2 atom stereocenters. The molecule has 2 rings (SSSR count). The van der Waals surface area contributed by atoms with E-state index in [1.54, 1.807) is 27.7 Å². The van der Waals surface area contributed by atoms with Crippen LogP contribution in [-0.4, -0.2) is 61.4 Å². The SMILES string of the molecule is COC(=O)C1=CN=C([C@H](C)N)C1.COC(=O)C1=CN=C([C@H](C)NC(=O)OC(C)(C)C)C1.Cl. The highest BCUT2D eigenvalue weighted by atomic mass is 35.5. The van der Waals surface area contributed by atoms with Crippen LogP contribution in [-0.2, 0) is 23.8 Å². The molecule has 0 spiro atoms. The number of hydrogen-bond acceptors (Lipinski definition) is 9. The fraction of sp³-hybridized carbons (Fsp3) is 0.571. The minimum atomic E-state index is -0.545. The van der Waals surface area contributed by atoms with Crippen molar-refractivity contribution in [3.8, 4) is 0 Å². The molecule has 0 unspecified atom stereocenters. The number of nitrogens with one attached hydrogen (secondary N) is 1. The molecule has 1 amide bonds. The number of halogens is 1. The number of carbonyl (C=O) groups excluding carboxylic acids is 3. The summed E-state index contributed by atoms with van der Waals surface area (Å²) in [5.74, 6) is -0.724. The Bertz CT molecular complexity index is 825. The van der Waals surface area contributed by atoms with Crippen molar-refractivity contribution in [3.63, 3.8) is 0 Å². The van der Waals surface area contributed by atoms with E-state index in [2.05, 4.69) is 24.8 Å². The monoisotopic (exact) mass is 472 g/mol. The third-order valence-corrected chi connectivity index (χ3v) is 4.17. The molecule has 3 N–H and O–H groups in total.